The number of nitrogens with zero attached hydrogens (tertiary/aromatic N) is 5. The summed E-state index contributed by atoms with van der Waals surface area (Å²) in [5.41, 5.74) is 2.87. The number of nitrogens with one attached hydrogen (secondary N) is 2. The molecule has 1 aromatic carbocycles. The van der Waals surface area contributed by atoms with E-state index in [1.807, 2.05) is 47.6 Å². The zero-order chi connectivity index (χ0) is 30.2. The van der Waals surface area contributed by atoms with Crippen molar-refractivity contribution < 1.29 is 23.1 Å². The van der Waals surface area contributed by atoms with Gasteiger partial charge >= 0.3 is 17.9 Å². The summed E-state index contributed by atoms with van der Waals surface area (Å²) >= 11 is 0. The van der Waals surface area contributed by atoms with Gasteiger partial charge in [0.15, 0.2) is 5.65 Å². The summed E-state index contributed by atoms with van der Waals surface area (Å²) in [6, 6.07) is 6.61. The SMILES string of the molecule is CC(C)(C)OC(=O)N1CC=C(c2nc3nccc(-c4ccc(CNC(=O)c5nnc(C(C)(C)C)o5)c(F)c4)c3[nH]2)CC1. The molecule has 220 valence electrons. The average Bonchev–Trinajstić information content (AvgIpc) is 3.59. The Labute approximate surface area is 242 Å². The van der Waals surface area contributed by atoms with Gasteiger partial charge in [-0.15, -0.1) is 10.2 Å². The molecule has 42 heavy (non-hydrogen) atoms. The monoisotopic (exact) mass is 575 g/mol. The van der Waals surface area contributed by atoms with E-state index in [0.717, 1.165) is 11.1 Å². The predicted molar refractivity (Wildman–Crippen MR) is 154 cm³/mol. The maximum atomic E-state index is 15.2. The lowest BCUT2D eigenvalue weighted by Crippen LogP contribution is -2.39. The lowest BCUT2D eigenvalue weighted by molar-refractivity contribution is 0.0270. The number of amides is 2. The number of ether oxygens (including phenoxy) is 1. The second-order valence-electron chi connectivity index (χ2n) is 12.2. The molecule has 0 aliphatic carbocycles. The maximum absolute atomic E-state index is 15.2. The van der Waals surface area contributed by atoms with Crippen LogP contribution in [-0.4, -0.2) is 60.7 Å². The second kappa shape index (κ2) is 11.0. The van der Waals surface area contributed by atoms with E-state index >= 15 is 4.39 Å². The number of benzene rings is 1. The van der Waals surface area contributed by atoms with Crippen molar-refractivity contribution in [2.75, 3.05) is 13.1 Å². The van der Waals surface area contributed by atoms with Crippen LogP contribution in [0, 0.1) is 5.82 Å². The molecule has 0 fully saturated rings. The number of aromatic amines is 1. The second-order valence-corrected chi connectivity index (χ2v) is 12.2. The first-order valence-corrected chi connectivity index (χ1v) is 13.7. The average molecular weight is 576 g/mol. The number of fused-ring (bicyclic) bond motifs is 1. The molecule has 0 bridgehead atoms. The number of hydrogen-bond acceptors (Lipinski definition) is 8. The number of aromatic nitrogens is 5. The van der Waals surface area contributed by atoms with Gasteiger partial charge in [-0.1, -0.05) is 39.0 Å². The molecule has 4 aromatic rings. The van der Waals surface area contributed by atoms with Crippen molar-refractivity contribution in [2.24, 2.45) is 0 Å². The van der Waals surface area contributed by atoms with Gasteiger partial charge < -0.3 is 24.4 Å². The van der Waals surface area contributed by atoms with Crippen LogP contribution in [0.25, 0.3) is 27.9 Å². The van der Waals surface area contributed by atoms with Gasteiger partial charge in [0.2, 0.25) is 5.89 Å². The van der Waals surface area contributed by atoms with E-state index in [9.17, 15) is 9.59 Å². The van der Waals surface area contributed by atoms with E-state index in [-0.39, 0.29) is 18.5 Å². The van der Waals surface area contributed by atoms with Crippen LogP contribution in [0.3, 0.4) is 0 Å². The Morgan fingerprint density at radius 1 is 1.14 bits per heavy atom. The quantitative estimate of drug-likeness (QED) is 0.323. The van der Waals surface area contributed by atoms with Crippen LogP contribution in [0.5, 0.6) is 0 Å². The largest absolute Gasteiger partial charge is 0.444 e. The topological polar surface area (TPSA) is 139 Å². The molecule has 2 N–H and O–H groups in total. The van der Waals surface area contributed by atoms with Crippen LogP contribution >= 0.6 is 0 Å². The van der Waals surface area contributed by atoms with E-state index in [2.05, 4.69) is 30.5 Å². The molecule has 3 aromatic heterocycles. The van der Waals surface area contributed by atoms with Crippen molar-refractivity contribution in [1.29, 1.82) is 0 Å². The van der Waals surface area contributed by atoms with E-state index in [4.69, 9.17) is 9.15 Å². The Kier molecular flexibility index (Phi) is 7.56. The van der Waals surface area contributed by atoms with Gasteiger partial charge in [-0.2, -0.15) is 0 Å². The first-order chi connectivity index (χ1) is 19.8. The smallest absolute Gasteiger partial charge is 0.410 e. The summed E-state index contributed by atoms with van der Waals surface area (Å²) in [6.07, 6.45) is 3.83. The number of carbonyl (C=O) groups excluding carboxylic acids is 2. The van der Waals surface area contributed by atoms with Crippen LogP contribution in [0.1, 0.15) is 75.9 Å². The lowest BCUT2D eigenvalue weighted by Gasteiger charge is -2.29. The highest BCUT2D eigenvalue weighted by Gasteiger charge is 2.26. The van der Waals surface area contributed by atoms with E-state index in [0.29, 0.717) is 53.5 Å². The Balaban J connectivity index is 1.30. The van der Waals surface area contributed by atoms with Crippen LogP contribution in [0.2, 0.25) is 0 Å². The first kappa shape index (κ1) is 28.9. The zero-order valence-electron chi connectivity index (χ0n) is 24.5. The maximum Gasteiger partial charge on any atom is 0.410 e. The van der Waals surface area contributed by atoms with E-state index in [1.54, 1.807) is 29.3 Å². The van der Waals surface area contributed by atoms with Crippen LogP contribution in [0.15, 0.2) is 41.0 Å². The van der Waals surface area contributed by atoms with Crippen molar-refractivity contribution in [1.82, 2.24) is 35.4 Å². The van der Waals surface area contributed by atoms with Gasteiger partial charge in [0, 0.05) is 42.4 Å². The van der Waals surface area contributed by atoms with Gasteiger partial charge in [-0.05, 0) is 50.5 Å². The summed E-state index contributed by atoms with van der Waals surface area (Å²) in [5, 5.41) is 10.3. The Bertz CT molecular complexity index is 1680. The Hall–Kier alpha value is -4.61. The fraction of sp³-hybridized carbons (Fsp3) is 0.400. The molecule has 0 spiro atoms. The predicted octanol–water partition coefficient (Wildman–Crippen LogP) is 5.40. The highest BCUT2D eigenvalue weighted by atomic mass is 19.1. The molecule has 2 amide bonds. The minimum atomic E-state index is -0.575. The fourth-order valence-corrected chi connectivity index (χ4v) is 4.41. The highest BCUT2D eigenvalue weighted by molar-refractivity contribution is 5.91. The van der Waals surface area contributed by atoms with Gasteiger partial charge in [-0.3, -0.25) is 4.79 Å². The molecule has 0 saturated heterocycles. The molecule has 12 heteroatoms. The number of pyridine rings is 1. The van der Waals surface area contributed by atoms with Crippen LogP contribution < -0.4 is 5.32 Å². The minimum absolute atomic E-state index is 0.0490. The molecule has 0 atom stereocenters. The molecule has 11 nitrogen and oxygen atoms in total. The van der Waals surface area contributed by atoms with Gasteiger partial charge in [0.05, 0.1) is 5.52 Å². The summed E-state index contributed by atoms with van der Waals surface area (Å²) < 4.78 is 26.1. The van der Waals surface area contributed by atoms with Crippen molar-refractivity contribution in [2.45, 2.75) is 65.5 Å². The zero-order valence-corrected chi connectivity index (χ0v) is 24.5. The minimum Gasteiger partial charge on any atom is -0.444 e. The number of hydrogen-bond donors (Lipinski definition) is 2. The molecular weight excluding hydrogens is 541 g/mol. The third-order valence-corrected chi connectivity index (χ3v) is 6.62. The molecule has 5 rings (SSSR count). The number of halogens is 1. The Morgan fingerprint density at radius 3 is 2.57 bits per heavy atom. The third-order valence-electron chi connectivity index (χ3n) is 6.62. The van der Waals surface area contributed by atoms with Crippen molar-refractivity contribution in [3.05, 3.63) is 65.5 Å². The molecule has 1 aliphatic rings. The van der Waals surface area contributed by atoms with E-state index < -0.39 is 22.7 Å². The normalized spacial score (nSPS) is 14.2. The fourth-order valence-electron chi connectivity index (χ4n) is 4.41. The van der Waals surface area contributed by atoms with Gasteiger partial charge in [0.25, 0.3) is 0 Å². The summed E-state index contributed by atoms with van der Waals surface area (Å²) in [4.78, 5) is 38.9. The number of imidazole rings is 1. The van der Waals surface area contributed by atoms with Crippen LogP contribution in [0.4, 0.5) is 9.18 Å². The first-order valence-electron chi connectivity index (χ1n) is 13.7. The molecule has 0 unspecified atom stereocenters. The van der Waals surface area contributed by atoms with Gasteiger partial charge in [-0.25, -0.2) is 19.2 Å². The highest BCUT2D eigenvalue weighted by Crippen LogP contribution is 2.30. The number of H-pyrrole nitrogens is 1. The number of carbonyl (C=O) groups is 2. The standard InChI is InChI=1S/C30H34FN7O4/c1-29(2,3)27-37-36-26(41-27)25(39)33-16-19-8-7-18(15-21(19)31)20-9-12-32-24-22(20)34-23(35-24)17-10-13-38(14-11-17)28(40)42-30(4,5)6/h7-10,12,15H,11,13-14,16H2,1-6H3,(H,33,39)(H,32,34,35). The molecule has 1 aliphatic heterocycles. The third kappa shape index (κ3) is 6.32. The molecule has 4 heterocycles. The lowest BCUT2D eigenvalue weighted by atomic mass is 9.97. The summed E-state index contributed by atoms with van der Waals surface area (Å²) in [7, 11) is 0. The van der Waals surface area contributed by atoms with Crippen molar-refractivity contribution >= 4 is 28.7 Å². The van der Waals surface area contributed by atoms with E-state index in [1.165, 1.54) is 6.07 Å². The number of rotatable bonds is 5. The van der Waals surface area contributed by atoms with Crippen molar-refractivity contribution in [3.63, 3.8) is 0 Å². The summed E-state index contributed by atoms with van der Waals surface area (Å²) in [6.45, 7) is 12.1. The molecular formula is C30H34FN7O4. The van der Waals surface area contributed by atoms with Crippen molar-refractivity contribution in [3.8, 4) is 11.1 Å². The summed E-state index contributed by atoms with van der Waals surface area (Å²) in [5.74, 6) is -0.221. The van der Waals surface area contributed by atoms with Crippen LogP contribution in [-0.2, 0) is 16.7 Å². The van der Waals surface area contributed by atoms with Gasteiger partial charge in [0.1, 0.15) is 17.2 Å². The molecule has 0 saturated carbocycles. The molecule has 0 radical (unpaired) electrons. The Morgan fingerprint density at radius 2 is 1.93 bits per heavy atom.